The zero-order valence-electron chi connectivity index (χ0n) is 20.4. The van der Waals surface area contributed by atoms with Crippen LogP contribution in [-0.2, 0) is 9.59 Å². The number of aliphatic hydroxyl groups excluding tert-OH is 1. The van der Waals surface area contributed by atoms with Gasteiger partial charge in [0.1, 0.15) is 30.5 Å². The maximum absolute atomic E-state index is 13.3. The maximum Gasteiger partial charge on any atom is 0.295 e. The summed E-state index contributed by atoms with van der Waals surface area (Å²) in [6.45, 7) is 1.98. The van der Waals surface area contributed by atoms with Crippen LogP contribution in [0.1, 0.15) is 23.6 Å². The lowest BCUT2D eigenvalue weighted by Gasteiger charge is -2.27. The van der Waals surface area contributed by atoms with E-state index in [1.165, 1.54) is 24.0 Å². The van der Waals surface area contributed by atoms with E-state index in [0.717, 1.165) is 6.54 Å². The summed E-state index contributed by atoms with van der Waals surface area (Å²) in [6, 6.07) is 9.30. The normalized spacial score (nSPS) is 18.8. The highest BCUT2D eigenvalue weighted by Crippen LogP contribution is 2.44. The van der Waals surface area contributed by atoms with Crippen molar-refractivity contribution in [2.45, 2.75) is 12.5 Å². The first-order valence-corrected chi connectivity index (χ1v) is 11.5. The highest BCUT2D eigenvalue weighted by molar-refractivity contribution is 6.46. The number of hydrogen-bond acceptors (Lipinski definition) is 7. The summed E-state index contributed by atoms with van der Waals surface area (Å²) in [7, 11) is 7.11. The number of quaternary nitrogens is 1. The number of rotatable bonds is 8. The van der Waals surface area contributed by atoms with Crippen LogP contribution in [0.5, 0.6) is 23.0 Å². The van der Waals surface area contributed by atoms with E-state index in [4.69, 9.17) is 18.9 Å². The Morgan fingerprint density at radius 1 is 1.06 bits per heavy atom. The van der Waals surface area contributed by atoms with Gasteiger partial charge in [0.05, 0.1) is 46.5 Å². The first-order chi connectivity index (χ1) is 16.8. The number of fused-ring (bicyclic) bond motifs is 1. The van der Waals surface area contributed by atoms with Crippen LogP contribution in [-0.4, -0.2) is 76.3 Å². The van der Waals surface area contributed by atoms with Crippen LogP contribution < -0.4 is 23.8 Å². The molecule has 0 aromatic heterocycles. The molecule has 2 aromatic carbocycles. The van der Waals surface area contributed by atoms with Crippen LogP contribution in [0, 0.1) is 0 Å². The highest BCUT2D eigenvalue weighted by Gasteiger charge is 2.47. The van der Waals surface area contributed by atoms with Crippen LogP contribution >= 0.6 is 0 Å². The highest BCUT2D eigenvalue weighted by atomic mass is 16.6. The molecule has 0 unspecified atom stereocenters. The summed E-state index contributed by atoms with van der Waals surface area (Å²) >= 11 is 0. The van der Waals surface area contributed by atoms with E-state index in [-0.39, 0.29) is 11.3 Å². The number of Topliss-reactive ketones (excluding diaryl/α,β-unsaturated/α-hetero) is 1. The monoisotopic (exact) mass is 483 g/mol. The van der Waals surface area contributed by atoms with Crippen molar-refractivity contribution in [2.75, 3.05) is 54.6 Å². The number of benzene rings is 2. The van der Waals surface area contributed by atoms with E-state index in [9.17, 15) is 14.7 Å². The number of ether oxygens (including phenoxy) is 4. The first-order valence-electron chi connectivity index (χ1n) is 11.5. The molecule has 0 spiro atoms. The third-order valence-electron chi connectivity index (χ3n) is 6.16. The zero-order chi connectivity index (χ0) is 25.1. The van der Waals surface area contributed by atoms with Crippen molar-refractivity contribution in [3.05, 3.63) is 53.1 Å². The van der Waals surface area contributed by atoms with Gasteiger partial charge in [-0.3, -0.25) is 9.59 Å². The summed E-state index contributed by atoms with van der Waals surface area (Å²) in [5, 5.41) is 11.4. The molecule has 1 atom stereocenters. The second kappa shape index (κ2) is 10.3. The van der Waals surface area contributed by atoms with Gasteiger partial charge in [-0.25, -0.2) is 0 Å². The molecular weight excluding hydrogens is 452 g/mol. The number of carbonyl (C=O) groups is 2. The van der Waals surface area contributed by atoms with E-state index in [1.807, 2.05) is 14.1 Å². The van der Waals surface area contributed by atoms with Crippen molar-refractivity contribution in [3.8, 4) is 23.0 Å². The van der Waals surface area contributed by atoms with Crippen LogP contribution in [0.25, 0.3) is 5.76 Å². The SMILES string of the molecule is COc1ccc(OC)c([C@@H]2/C(=C(/O)c3ccc4c(c3)OCCO4)C(=O)C(=O)N2CCC[NH+](C)C)c1. The molecule has 0 bridgehead atoms. The van der Waals surface area contributed by atoms with E-state index in [2.05, 4.69) is 0 Å². The molecule has 35 heavy (non-hydrogen) atoms. The number of carbonyl (C=O) groups excluding carboxylic acids is 2. The minimum absolute atomic E-state index is 0.00423. The van der Waals surface area contributed by atoms with E-state index in [1.54, 1.807) is 36.4 Å². The van der Waals surface area contributed by atoms with E-state index in [0.29, 0.717) is 60.3 Å². The second-order valence-corrected chi connectivity index (χ2v) is 8.77. The van der Waals surface area contributed by atoms with Crippen LogP contribution in [0.3, 0.4) is 0 Å². The molecule has 0 radical (unpaired) electrons. The Morgan fingerprint density at radius 2 is 1.80 bits per heavy atom. The third-order valence-corrected chi connectivity index (χ3v) is 6.16. The van der Waals surface area contributed by atoms with Crippen LogP contribution in [0.2, 0.25) is 0 Å². The Kier molecular flexibility index (Phi) is 7.16. The van der Waals surface area contributed by atoms with E-state index >= 15 is 0 Å². The lowest BCUT2D eigenvalue weighted by molar-refractivity contribution is -0.858. The van der Waals surface area contributed by atoms with Crippen molar-refractivity contribution in [2.24, 2.45) is 0 Å². The Hall–Kier alpha value is -3.72. The Balaban J connectivity index is 1.85. The molecule has 0 saturated carbocycles. The molecule has 0 aliphatic carbocycles. The maximum atomic E-state index is 13.3. The number of ketones is 1. The number of nitrogens with zero attached hydrogens (tertiary/aromatic N) is 1. The predicted octanol–water partition coefficient (Wildman–Crippen LogP) is 1.43. The number of methoxy groups -OCH3 is 2. The van der Waals surface area contributed by atoms with Crippen LogP contribution in [0.15, 0.2) is 42.0 Å². The molecule has 1 saturated heterocycles. The molecule has 2 heterocycles. The van der Waals surface area contributed by atoms with Gasteiger partial charge in [0.25, 0.3) is 11.7 Å². The zero-order valence-corrected chi connectivity index (χ0v) is 20.4. The van der Waals surface area contributed by atoms with Crippen molar-refractivity contribution >= 4 is 17.4 Å². The molecule has 1 fully saturated rings. The average Bonchev–Trinajstić information content (AvgIpc) is 3.12. The van der Waals surface area contributed by atoms with Gasteiger partial charge in [-0.1, -0.05) is 0 Å². The summed E-state index contributed by atoms with van der Waals surface area (Å²) in [4.78, 5) is 29.3. The molecule has 186 valence electrons. The van der Waals surface area contributed by atoms with Crippen molar-refractivity contribution < 1.29 is 38.5 Å². The Morgan fingerprint density at radius 3 is 2.49 bits per heavy atom. The average molecular weight is 484 g/mol. The molecule has 4 rings (SSSR count). The largest absolute Gasteiger partial charge is 0.507 e. The number of aliphatic hydroxyl groups is 1. The molecule has 9 nitrogen and oxygen atoms in total. The van der Waals surface area contributed by atoms with Crippen molar-refractivity contribution in [1.82, 2.24) is 4.90 Å². The molecule has 2 aromatic rings. The number of hydrogen-bond donors (Lipinski definition) is 2. The summed E-state index contributed by atoms with van der Waals surface area (Å²) < 4.78 is 22.2. The summed E-state index contributed by atoms with van der Waals surface area (Å²) in [5.74, 6) is 0.370. The smallest absolute Gasteiger partial charge is 0.295 e. The Bertz CT molecular complexity index is 1160. The number of likely N-dealkylation sites (tertiary alicyclic amines) is 1. The lowest BCUT2D eigenvalue weighted by atomic mass is 9.94. The van der Waals surface area contributed by atoms with Gasteiger partial charge in [0, 0.05) is 24.1 Å². The van der Waals surface area contributed by atoms with Gasteiger partial charge in [0.2, 0.25) is 0 Å². The molecule has 9 heteroatoms. The number of amides is 1. The predicted molar refractivity (Wildman–Crippen MR) is 128 cm³/mol. The third kappa shape index (κ3) is 4.77. The molecular formula is C26H31N2O7+. The van der Waals surface area contributed by atoms with Gasteiger partial charge in [-0.2, -0.15) is 0 Å². The molecule has 2 N–H and O–H groups in total. The first kappa shape index (κ1) is 24.4. The Labute approximate surface area is 204 Å². The fraction of sp³-hybridized carbons (Fsp3) is 0.385. The standard InChI is InChI=1S/C26H30N2O7/c1-27(2)10-5-11-28-23(18-15-17(32-3)7-9-19(18)33-4)22(25(30)26(28)31)24(29)16-6-8-20-21(14-16)35-13-12-34-20/h6-9,14-15,23,29H,5,10-13H2,1-4H3/p+1/b24-22-/t23-/m1/s1. The number of nitrogens with one attached hydrogen (secondary N) is 1. The topological polar surface area (TPSA) is 99.0 Å². The fourth-order valence-corrected chi connectivity index (χ4v) is 4.44. The molecule has 1 amide bonds. The van der Waals surface area contributed by atoms with Crippen molar-refractivity contribution in [3.63, 3.8) is 0 Å². The van der Waals surface area contributed by atoms with Gasteiger partial charge in [0.15, 0.2) is 11.5 Å². The summed E-state index contributed by atoms with van der Waals surface area (Å²) in [6.07, 6.45) is 0.683. The quantitative estimate of drug-likeness (QED) is 0.333. The molecule has 2 aliphatic rings. The molecule has 2 aliphatic heterocycles. The van der Waals surface area contributed by atoms with E-state index < -0.39 is 17.7 Å². The fourth-order valence-electron chi connectivity index (χ4n) is 4.44. The van der Waals surface area contributed by atoms with Gasteiger partial charge in [-0.15, -0.1) is 0 Å². The van der Waals surface area contributed by atoms with Gasteiger partial charge in [-0.05, 0) is 36.4 Å². The minimum atomic E-state index is -0.842. The van der Waals surface area contributed by atoms with Gasteiger partial charge >= 0.3 is 0 Å². The minimum Gasteiger partial charge on any atom is -0.507 e. The van der Waals surface area contributed by atoms with Crippen molar-refractivity contribution in [1.29, 1.82) is 0 Å². The van der Waals surface area contributed by atoms with Crippen LogP contribution in [0.4, 0.5) is 0 Å². The van der Waals surface area contributed by atoms with Gasteiger partial charge < -0.3 is 33.9 Å². The second-order valence-electron chi connectivity index (χ2n) is 8.77. The lowest BCUT2D eigenvalue weighted by Crippen LogP contribution is -3.05. The summed E-state index contributed by atoms with van der Waals surface area (Å²) in [5.41, 5.74) is 0.912.